The Morgan fingerprint density at radius 2 is 0.455 bits per heavy atom. The second-order valence-corrected chi connectivity index (χ2v) is 27.8. The third-order valence-corrected chi connectivity index (χ3v) is 18.0. The van der Waals surface area contributed by atoms with Crippen LogP contribution in [0.3, 0.4) is 0 Å². The van der Waals surface area contributed by atoms with Crippen LogP contribution in [0, 0.1) is 0 Å². The van der Waals surface area contributed by atoms with Gasteiger partial charge >= 0.3 is 39.5 Å². The van der Waals surface area contributed by atoms with Crippen molar-refractivity contribution < 1.29 is 80.2 Å². The van der Waals surface area contributed by atoms with E-state index in [1.807, 2.05) is 0 Å². The minimum absolute atomic E-state index is 0.107. The fourth-order valence-corrected chi connectivity index (χ4v) is 12.1. The molecule has 0 aromatic heterocycles. The third-order valence-electron chi connectivity index (χ3n) is 16.1. The van der Waals surface area contributed by atoms with Crippen molar-refractivity contribution in [3.63, 3.8) is 0 Å². The molecule has 0 heterocycles. The largest absolute Gasteiger partial charge is 0.472 e. The van der Waals surface area contributed by atoms with E-state index in [4.69, 9.17) is 37.0 Å². The number of aliphatic hydroxyl groups excluding tert-OH is 1. The number of phosphoric acid groups is 2. The first-order valence-corrected chi connectivity index (χ1v) is 39.3. The summed E-state index contributed by atoms with van der Waals surface area (Å²) in [7, 11) is -9.89. The summed E-state index contributed by atoms with van der Waals surface area (Å²) >= 11 is 0. The standard InChI is InChI=1S/C69H134O17P2/c1-5-9-13-17-21-24-27-29-31-32-33-35-37-40-44-48-52-56-69(74)86-65(60-80-67(72)54-50-46-42-39-36-34-30-28-25-22-18-14-10-6-2)62-84-88(77,78)82-58-63(70)57-81-87(75,76)83-61-64(59-79-66(71)53-49-45-41-20-16-12-8-4)85-68(73)55-51-47-43-38-26-23-19-15-11-7-3/h63-65,70H,5-62H2,1-4H3,(H,75,76)(H,77,78)/t63-,64+,65+/m0/s1. The summed E-state index contributed by atoms with van der Waals surface area (Å²) < 4.78 is 68.1. The summed E-state index contributed by atoms with van der Waals surface area (Å²) in [6.45, 7) is 4.89. The Balaban J connectivity index is 5.19. The average molecular weight is 1300 g/mol. The quantitative estimate of drug-likeness (QED) is 0.0222. The van der Waals surface area contributed by atoms with Crippen molar-refractivity contribution in [2.24, 2.45) is 0 Å². The molecule has 5 atom stereocenters. The highest BCUT2D eigenvalue weighted by Gasteiger charge is 2.30. The predicted octanol–water partition coefficient (Wildman–Crippen LogP) is 19.9. The summed E-state index contributed by atoms with van der Waals surface area (Å²) in [4.78, 5) is 72.3. The minimum atomic E-state index is -4.95. The highest BCUT2D eigenvalue weighted by Crippen LogP contribution is 2.45. The van der Waals surface area contributed by atoms with Crippen LogP contribution in [-0.2, 0) is 65.4 Å². The van der Waals surface area contributed by atoms with Gasteiger partial charge in [-0.15, -0.1) is 0 Å². The molecule has 3 N–H and O–H groups in total. The molecule has 0 rings (SSSR count). The van der Waals surface area contributed by atoms with Crippen molar-refractivity contribution in [2.75, 3.05) is 39.6 Å². The van der Waals surface area contributed by atoms with Gasteiger partial charge in [-0.25, -0.2) is 9.13 Å². The van der Waals surface area contributed by atoms with Crippen molar-refractivity contribution >= 4 is 39.5 Å². The molecule has 0 aromatic rings. The van der Waals surface area contributed by atoms with Crippen LogP contribution in [0.15, 0.2) is 0 Å². The van der Waals surface area contributed by atoms with Gasteiger partial charge in [0.2, 0.25) is 0 Å². The number of ether oxygens (including phenoxy) is 4. The van der Waals surface area contributed by atoms with Crippen molar-refractivity contribution in [3.05, 3.63) is 0 Å². The summed E-state index contributed by atoms with van der Waals surface area (Å²) in [5.41, 5.74) is 0. The van der Waals surface area contributed by atoms with Crippen LogP contribution in [-0.4, -0.2) is 96.7 Å². The van der Waals surface area contributed by atoms with E-state index in [1.54, 1.807) is 0 Å². The molecule has 0 radical (unpaired) electrons. The molecule has 0 amide bonds. The van der Waals surface area contributed by atoms with Gasteiger partial charge in [-0.2, -0.15) is 0 Å². The van der Waals surface area contributed by atoms with Gasteiger partial charge in [0.25, 0.3) is 0 Å². The zero-order chi connectivity index (χ0) is 64.7. The second-order valence-electron chi connectivity index (χ2n) is 24.9. The molecular weight excluding hydrogens is 1160 g/mol. The number of carbonyl (C=O) groups is 4. The van der Waals surface area contributed by atoms with Crippen molar-refractivity contribution in [1.29, 1.82) is 0 Å². The molecule has 0 bridgehead atoms. The van der Waals surface area contributed by atoms with Crippen LogP contribution in [0.25, 0.3) is 0 Å². The Kier molecular flexibility index (Phi) is 62.4. The van der Waals surface area contributed by atoms with Crippen molar-refractivity contribution in [3.8, 4) is 0 Å². The van der Waals surface area contributed by atoms with E-state index in [9.17, 15) is 43.2 Å². The Bertz CT molecular complexity index is 1690. The molecule has 2 unspecified atom stereocenters. The highest BCUT2D eigenvalue weighted by atomic mass is 31.2. The average Bonchev–Trinajstić information content (AvgIpc) is 3.69. The smallest absolute Gasteiger partial charge is 0.462 e. The van der Waals surface area contributed by atoms with E-state index in [-0.39, 0.29) is 25.7 Å². The van der Waals surface area contributed by atoms with Gasteiger partial charge in [-0.05, 0) is 25.7 Å². The van der Waals surface area contributed by atoms with Gasteiger partial charge in [0.05, 0.1) is 26.4 Å². The zero-order valence-electron chi connectivity index (χ0n) is 56.7. The summed E-state index contributed by atoms with van der Waals surface area (Å²) in [5.74, 6) is -2.13. The third kappa shape index (κ3) is 62.8. The lowest BCUT2D eigenvalue weighted by molar-refractivity contribution is -0.161. The van der Waals surface area contributed by atoms with E-state index in [1.165, 1.54) is 180 Å². The number of aliphatic hydroxyl groups is 1. The Morgan fingerprint density at radius 1 is 0.273 bits per heavy atom. The maximum Gasteiger partial charge on any atom is 0.472 e. The van der Waals surface area contributed by atoms with Crippen LogP contribution >= 0.6 is 15.6 Å². The van der Waals surface area contributed by atoms with Gasteiger partial charge in [0.1, 0.15) is 19.3 Å². The first kappa shape index (κ1) is 86.1. The lowest BCUT2D eigenvalue weighted by Crippen LogP contribution is -2.30. The number of unbranched alkanes of at least 4 members (excludes halogenated alkanes) is 44. The summed E-state index contributed by atoms with van der Waals surface area (Å²) in [6, 6.07) is 0. The molecule has 0 saturated carbocycles. The van der Waals surface area contributed by atoms with Crippen LogP contribution in [0.4, 0.5) is 0 Å². The van der Waals surface area contributed by atoms with E-state index in [2.05, 4.69) is 27.7 Å². The molecule has 88 heavy (non-hydrogen) atoms. The maximum atomic E-state index is 13.0. The molecule has 522 valence electrons. The first-order valence-electron chi connectivity index (χ1n) is 36.3. The van der Waals surface area contributed by atoms with Gasteiger partial charge in [-0.1, -0.05) is 310 Å². The number of esters is 4. The van der Waals surface area contributed by atoms with Gasteiger partial charge < -0.3 is 33.8 Å². The number of hydrogen-bond donors (Lipinski definition) is 3. The van der Waals surface area contributed by atoms with Crippen LogP contribution in [0.1, 0.15) is 362 Å². The number of rotatable bonds is 70. The Hall–Kier alpha value is -1.94. The molecule has 17 nitrogen and oxygen atoms in total. The summed E-state index contributed by atoms with van der Waals surface area (Å²) in [5, 5.41) is 10.6. The lowest BCUT2D eigenvalue weighted by Gasteiger charge is -2.21. The highest BCUT2D eigenvalue weighted by molar-refractivity contribution is 7.47. The van der Waals surface area contributed by atoms with Crippen molar-refractivity contribution in [2.45, 2.75) is 380 Å². The molecule has 0 saturated heterocycles. The molecule has 0 spiro atoms. The second kappa shape index (κ2) is 63.8. The first-order chi connectivity index (χ1) is 42.7. The van der Waals surface area contributed by atoms with E-state index < -0.39 is 97.5 Å². The molecular formula is C69H134O17P2. The van der Waals surface area contributed by atoms with E-state index in [0.29, 0.717) is 25.7 Å². The van der Waals surface area contributed by atoms with Crippen LogP contribution in [0.5, 0.6) is 0 Å². The minimum Gasteiger partial charge on any atom is -0.462 e. The lowest BCUT2D eigenvalue weighted by atomic mass is 10.0. The topological polar surface area (TPSA) is 237 Å². The molecule has 19 heteroatoms. The number of carbonyl (C=O) groups excluding carboxylic acids is 4. The van der Waals surface area contributed by atoms with Crippen LogP contribution in [0.2, 0.25) is 0 Å². The molecule has 0 aliphatic rings. The summed E-state index contributed by atoms with van der Waals surface area (Å²) in [6.07, 6.45) is 51.4. The molecule has 0 fully saturated rings. The SMILES string of the molecule is CCCCCCCCCCCCCCCCCCCC(=O)O[C@H](COC(=O)CCCCCCCCCCCCCCCC)COP(=O)(O)OC[C@@H](O)COP(=O)(O)OC[C@@H](COC(=O)CCCCCCCCC)OC(=O)CCCCCCCCCCCC. The van der Waals surface area contributed by atoms with E-state index >= 15 is 0 Å². The Morgan fingerprint density at radius 3 is 0.670 bits per heavy atom. The van der Waals surface area contributed by atoms with Gasteiger partial charge in [-0.3, -0.25) is 37.3 Å². The van der Waals surface area contributed by atoms with Gasteiger partial charge in [0.15, 0.2) is 12.2 Å². The number of hydrogen-bond acceptors (Lipinski definition) is 15. The predicted molar refractivity (Wildman–Crippen MR) is 354 cm³/mol. The van der Waals surface area contributed by atoms with Crippen LogP contribution < -0.4 is 0 Å². The number of phosphoric ester groups is 2. The monoisotopic (exact) mass is 1300 g/mol. The maximum absolute atomic E-state index is 13.0. The fraction of sp³-hybridized carbons (Fsp3) is 0.942. The zero-order valence-corrected chi connectivity index (χ0v) is 58.5. The Labute approximate surface area is 537 Å². The van der Waals surface area contributed by atoms with E-state index in [0.717, 1.165) is 103 Å². The van der Waals surface area contributed by atoms with Gasteiger partial charge in [0, 0.05) is 25.7 Å². The molecule has 0 aromatic carbocycles. The fourth-order valence-electron chi connectivity index (χ4n) is 10.5. The van der Waals surface area contributed by atoms with Crippen molar-refractivity contribution in [1.82, 2.24) is 0 Å². The molecule has 0 aliphatic heterocycles. The normalized spacial score (nSPS) is 14.0. The molecule has 0 aliphatic carbocycles.